The van der Waals surface area contributed by atoms with E-state index in [2.05, 4.69) is 4.90 Å². The van der Waals surface area contributed by atoms with Crippen molar-refractivity contribution in [3.8, 4) is 0 Å². The highest BCUT2D eigenvalue weighted by molar-refractivity contribution is 5.19. The highest BCUT2D eigenvalue weighted by atomic mass is 19.1. The summed E-state index contributed by atoms with van der Waals surface area (Å²) in [5.74, 6) is 1.00. The fourth-order valence-electron chi connectivity index (χ4n) is 3.42. The Morgan fingerprint density at radius 2 is 1.75 bits per heavy atom. The van der Waals surface area contributed by atoms with E-state index in [9.17, 15) is 9.50 Å². The molecular weight excluding hydrogens is 253 g/mol. The fourth-order valence-corrected chi connectivity index (χ4v) is 3.42. The van der Waals surface area contributed by atoms with Gasteiger partial charge < -0.3 is 10.0 Å². The van der Waals surface area contributed by atoms with Crippen molar-refractivity contribution in [1.82, 2.24) is 4.90 Å². The lowest BCUT2D eigenvalue weighted by Gasteiger charge is -2.38. The Kier molecular flexibility index (Phi) is 4.37. The summed E-state index contributed by atoms with van der Waals surface area (Å²) in [7, 11) is 0. The Morgan fingerprint density at radius 3 is 2.30 bits per heavy atom. The minimum absolute atomic E-state index is 0.240. The Hall–Kier alpha value is -0.930. The van der Waals surface area contributed by atoms with Crippen molar-refractivity contribution in [1.29, 1.82) is 0 Å². The molecule has 20 heavy (non-hydrogen) atoms. The molecule has 110 valence electrons. The molecule has 1 aliphatic heterocycles. The van der Waals surface area contributed by atoms with Gasteiger partial charge in [-0.25, -0.2) is 4.39 Å². The molecule has 0 aromatic heterocycles. The average molecular weight is 277 g/mol. The first-order chi connectivity index (χ1) is 9.72. The molecule has 1 N–H and O–H groups in total. The summed E-state index contributed by atoms with van der Waals surface area (Å²) in [5, 5.41) is 10.4. The number of aliphatic hydroxyl groups excluding tert-OH is 1. The van der Waals surface area contributed by atoms with Crippen molar-refractivity contribution >= 4 is 0 Å². The first kappa shape index (κ1) is 14.0. The molecule has 1 aromatic carbocycles. The molecule has 1 aliphatic carbocycles. The number of halogens is 1. The van der Waals surface area contributed by atoms with E-state index in [1.807, 2.05) is 0 Å². The molecule has 0 bridgehead atoms. The van der Waals surface area contributed by atoms with Crippen molar-refractivity contribution in [2.75, 3.05) is 19.6 Å². The Bertz CT molecular complexity index is 421. The van der Waals surface area contributed by atoms with Crippen LogP contribution in [-0.2, 0) is 0 Å². The zero-order valence-electron chi connectivity index (χ0n) is 12.0. The van der Waals surface area contributed by atoms with Gasteiger partial charge in [-0.3, -0.25) is 0 Å². The number of hydrogen-bond donors (Lipinski definition) is 1. The molecule has 0 amide bonds. The Balaban J connectivity index is 1.50. The second-order valence-corrected chi connectivity index (χ2v) is 6.43. The van der Waals surface area contributed by atoms with Crippen LogP contribution in [0.3, 0.4) is 0 Å². The van der Waals surface area contributed by atoms with Gasteiger partial charge in [-0.15, -0.1) is 0 Å². The van der Waals surface area contributed by atoms with Crippen LogP contribution in [0.4, 0.5) is 4.39 Å². The molecular formula is C17H24FNO. The summed E-state index contributed by atoms with van der Waals surface area (Å²) in [4.78, 5) is 2.55. The predicted molar refractivity (Wildman–Crippen MR) is 77.9 cm³/mol. The van der Waals surface area contributed by atoms with Gasteiger partial charge >= 0.3 is 0 Å². The number of piperidine rings is 1. The largest absolute Gasteiger partial charge is 0.388 e. The SMILES string of the molecule is OC(c1ccc(F)cc1)C1CCN(CC2CCC2)CC1. The summed E-state index contributed by atoms with van der Waals surface area (Å²) in [6.07, 6.45) is 5.86. The monoisotopic (exact) mass is 277 g/mol. The van der Waals surface area contributed by atoms with Crippen LogP contribution in [0.1, 0.15) is 43.8 Å². The maximum atomic E-state index is 12.9. The lowest BCUT2D eigenvalue weighted by Crippen LogP contribution is -2.39. The van der Waals surface area contributed by atoms with Gasteiger partial charge in [0.25, 0.3) is 0 Å². The smallest absolute Gasteiger partial charge is 0.123 e. The van der Waals surface area contributed by atoms with Crippen LogP contribution in [0, 0.1) is 17.7 Å². The fraction of sp³-hybridized carbons (Fsp3) is 0.647. The van der Waals surface area contributed by atoms with Gasteiger partial charge in [0.1, 0.15) is 5.82 Å². The number of benzene rings is 1. The van der Waals surface area contributed by atoms with Gasteiger partial charge in [-0.2, -0.15) is 0 Å². The summed E-state index contributed by atoms with van der Waals surface area (Å²) in [6.45, 7) is 3.44. The van der Waals surface area contributed by atoms with Gasteiger partial charge in [0.2, 0.25) is 0 Å². The molecule has 1 atom stereocenters. The number of aliphatic hydroxyl groups is 1. The quantitative estimate of drug-likeness (QED) is 0.912. The Labute approximate surface area is 120 Å². The van der Waals surface area contributed by atoms with E-state index < -0.39 is 6.10 Å². The molecule has 0 radical (unpaired) electrons. The molecule has 2 aliphatic rings. The molecule has 3 heteroatoms. The van der Waals surface area contributed by atoms with E-state index >= 15 is 0 Å². The normalized spacial score (nSPS) is 23.5. The topological polar surface area (TPSA) is 23.5 Å². The first-order valence-electron chi connectivity index (χ1n) is 7.88. The summed E-state index contributed by atoms with van der Waals surface area (Å²) in [5.41, 5.74) is 0.851. The van der Waals surface area contributed by atoms with Crippen LogP contribution in [0.2, 0.25) is 0 Å². The number of nitrogens with zero attached hydrogens (tertiary/aromatic N) is 1. The lowest BCUT2D eigenvalue weighted by molar-refractivity contribution is 0.0492. The van der Waals surface area contributed by atoms with E-state index in [1.165, 1.54) is 37.9 Å². The van der Waals surface area contributed by atoms with Crippen molar-refractivity contribution in [2.24, 2.45) is 11.8 Å². The first-order valence-corrected chi connectivity index (χ1v) is 7.88. The molecule has 3 rings (SSSR count). The maximum absolute atomic E-state index is 12.9. The van der Waals surface area contributed by atoms with Crippen molar-refractivity contribution in [3.63, 3.8) is 0 Å². The molecule has 2 nitrogen and oxygen atoms in total. The predicted octanol–water partition coefficient (Wildman–Crippen LogP) is 3.37. The maximum Gasteiger partial charge on any atom is 0.123 e. The van der Waals surface area contributed by atoms with Crippen molar-refractivity contribution in [3.05, 3.63) is 35.6 Å². The van der Waals surface area contributed by atoms with Gasteiger partial charge in [0, 0.05) is 6.54 Å². The molecule has 1 saturated heterocycles. The third kappa shape index (κ3) is 3.21. The van der Waals surface area contributed by atoms with Gasteiger partial charge in [-0.1, -0.05) is 18.6 Å². The van der Waals surface area contributed by atoms with E-state index in [-0.39, 0.29) is 5.82 Å². The minimum atomic E-state index is -0.443. The van der Waals surface area contributed by atoms with Crippen molar-refractivity contribution < 1.29 is 9.50 Å². The highest BCUT2D eigenvalue weighted by Gasteiger charge is 2.28. The average Bonchev–Trinajstić information content (AvgIpc) is 2.44. The minimum Gasteiger partial charge on any atom is -0.388 e. The lowest BCUT2D eigenvalue weighted by atomic mass is 9.83. The Morgan fingerprint density at radius 1 is 1.10 bits per heavy atom. The summed E-state index contributed by atoms with van der Waals surface area (Å²) in [6, 6.07) is 6.29. The molecule has 1 unspecified atom stereocenters. The van der Waals surface area contributed by atoms with E-state index in [0.717, 1.165) is 37.4 Å². The van der Waals surface area contributed by atoms with E-state index in [0.29, 0.717) is 5.92 Å². The van der Waals surface area contributed by atoms with Crippen LogP contribution in [-0.4, -0.2) is 29.6 Å². The molecule has 1 aromatic rings. The molecule has 0 spiro atoms. The van der Waals surface area contributed by atoms with Crippen molar-refractivity contribution in [2.45, 2.75) is 38.2 Å². The van der Waals surface area contributed by atoms with E-state index in [1.54, 1.807) is 12.1 Å². The molecule has 2 fully saturated rings. The number of hydrogen-bond acceptors (Lipinski definition) is 2. The third-order valence-electron chi connectivity index (χ3n) is 5.03. The zero-order valence-corrected chi connectivity index (χ0v) is 12.0. The highest BCUT2D eigenvalue weighted by Crippen LogP contribution is 2.33. The number of likely N-dealkylation sites (tertiary alicyclic amines) is 1. The molecule has 1 saturated carbocycles. The van der Waals surface area contributed by atoms with Crippen LogP contribution >= 0.6 is 0 Å². The second kappa shape index (κ2) is 6.23. The standard InChI is InChI=1S/C17H24FNO/c18-16-6-4-14(5-7-16)17(20)15-8-10-19(11-9-15)12-13-2-1-3-13/h4-7,13,15,17,20H,1-3,8-12H2. The van der Waals surface area contributed by atoms with Gasteiger partial charge in [0.05, 0.1) is 6.10 Å². The third-order valence-corrected chi connectivity index (χ3v) is 5.03. The van der Waals surface area contributed by atoms with E-state index in [4.69, 9.17) is 0 Å². The van der Waals surface area contributed by atoms with Gasteiger partial charge in [-0.05, 0) is 68.3 Å². The van der Waals surface area contributed by atoms with Crippen LogP contribution in [0.15, 0.2) is 24.3 Å². The molecule has 1 heterocycles. The second-order valence-electron chi connectivity index (χ2n) is 6.43. The number of rotatable bonds is 4. The van der Waals surface area contributed by atoms with Gasteiger partial charge in [0.15, 0.2) is 0 Å². The van der Waals surface area contributed by atoms with Crippen LogP contribution < -0.4 is 0 Å². The van der Waals surface area contributed by atoms with Crippen LogP contribution in [0.25, 0.3) is 0 Å². The summed E-state index contributed by atoms with van der Waals surface area (Å²) < 4.78 is 12.9. The van der Waals surface area contributed by atoms with Crippen LogP contribution in [0.5, 0.6) is 0 Å². The zero-order chi connectivity index (χ0) is 13.9. The summed E-state index contributed by atoms with van der Waals surface area (Å²) >= 11 is 0.